The highest BCUT2D eigenvalue weighted by Gasteiger charge is 2.31. The first kappa shape index (κ1) is 16.8. The molecule has 0 saturated heterocycles. The molecule has 0 rings (SSSR count). The number of ether oxygens (including phenoxy) is 1. The molecular weight excluding hydrogens is 234 g/mol. The molecule has 4 heteroatoms. The van der Waals surface area contributed by atoms with E-state index in [-0.39, 0.29) is 5.97 Å². The molecule has 0 aliphatic rings. The summed E-state index contributed by atoms with van der Waals surface area (Å²) in [5, 5.41) is 3.73. The third-order valence-corrected chi connectivity index (χ3v) is 4.92. The summed E-state index contributed by atoms with van der Waals surface area (Å²) in [7, 11) is 3.24. The van der Waals surface area contributed by atoms with Crippen molar-refractivity contribution in [2.24, 2.45) is 5.92 Å². The van der Waals surface area contributed by atoms with Crippen LogP contribution in [0.1, 0.15) is 40.5 Å². The molecule has 0 radical (unpaired) electrons. The van der Waals surface area contributed by atoms with E-state index in [0.29, 0.717) is 11.2 Å². The van der Waals surface area contributed by atoms with Gasteiger partial charge < -0.3 is 10.1 Å². The number of likely N-dealkylation sites (N-methyl/N-ethyl adjacent to an activating group) is 1. The number of hydrogen-bond donors (Lipinski definition) is 1. The second-order valence-corrected chi connectivity index (χ2v) is 6.48. The monoisotopic (exact) mass is 261 g/mol. The van der Waals surface area contributed by atoms with Crippen molar-refractivity contribution in [2.45, 2.75) is 51.3 Å². The number of hydrogen-bond acceptors (Lipinski definition) is 4. The van der Waals surface area contributed by atoms with Gasteiger partial charge in [0.05, 0.1) is 7.11 Å². The fourth-order valence-electron chi connectivity index (χ4n) is 1.44. The van der Waals surface area contributed by atoms with Crippen molar-refractivity contribution < 1.29 is 9.53 Å². The van der Waals surface area contributed by atoms with Gasteiger partial charge in [-0.1, -0.05) is 20.8 Å². The summed E-state index contributed by atoms with van der Waals surface area (Å²) in [5.41, 5.74) is -0.545. The standard InChI is InChI=1S/C13H27NO2S/c1-10(2)11(3)17-9-7-8-13(4,14-5)12(15)16-6/h10-11,14H,7-9H2,1-6H3. The van der Waals surface area contributed by atoms with Gasteiger partial charge in [0.1, 0.15) is 5.54 Å². The van der Waals surface area contributed by atoms with Crippen molar-refractivity contribution in [3.8, 4) is 0 Å². The van der Waals surface area contributed by atoms with Gasteiger partial charge in [-0.3, -0.25) is 4.79 Å². The van der Waals surface area contributed by atoms with Crippen LogP contribution in [0.25, 0.3) is 0 Å². The van der Waals surface area contributed by atoms with Crippen LogP contribution in [0, 0.1) is 5.92 Å². The van der Waals surface area contributed by atoms with Crippen LogP contribution in [0.4, 0.5) is 0 Å². The van der Waals surface area contributed by atoms with Gasteiger partial charge in [0, 0.05) is 5.25 Å². The highest BCUT2D eigenvalue weighted by molar-refractivity contribution is 7.99. The topological polar surface area (TPSA) is 38.3 Å². The second kappa shape index (κ2) is 7.98. The van der Waals surface area contributed by atoms with Crippen LogP contribution in [0.3, 0.4) is 0 Å². The fraction of sp³-hybridized carbons (Fsp3) is 0.923. The van der Waals surface area contributed by atoms with Crippen LogP contribution in [0.2, 0.25) is 0 Å². The zero-order valence-corrected chi connectivity index (χ0v) is 12.8. The van der Waals surface area contributed by atoms with E-state index < -0.39 is 5.54 Å². The molecule has 0 spiro atoms. The van der Waals surface area contributed by atoms with Crippen LogP contribution in [0.15, 0.2) is 0 Å². The average molecular weight is 261 g/mol. The van der Waals surface area contributed by atoms with Gasteiger partial charge >= 0.3 is 5.97 Å². The van der Waals surface area contributed by atoms with Crippen LogP contribution < -0.4 is 5.32 Å². The Bertz CT molecular complexity index is 233. The maximum Gasteiger partial charge on any atom is 0.325 e. The van der Waals surface area contributed by atoms with Crippen molar-refractivity contribution in [2.75, 3.05) is 19.9 Å². The molecule has 0 aromatic rings. The zero-order valence-electron chi connectivity index (χ0n) is 12.0. The molecule has 0 saturated carbocycles. The number of nitrogens with one attached hydrogen (secondary N) is 1. The van der Waals surface area contributed by atoms with Crippen LogP contribution in [0.5, 0.6) is 0 Å². The van der Waals surface area contributed by atoms with Crippen molar-refractivity contribution in [1.82, 2.24) is 5.32 Å². The third-order valence-electron chi connectivity index (χ3n) is 3.33. The molecule has 0 aliphatic carbocycles. The predicted octanol–water partition coefficient (Wildman–Crippen LogP) is 2.70. The van der Waals surface area contributed by atoms with Gasteiger partial charge in [0.2, 0.25) is 0 Å². The van der Waals surface area contributed by atoms with Crippen LogP contribution >= 0.6 is 11.8 Å². The summed E-state index contributed by atoms with van der Waals surface area (Å²) in [6, 6.07) is 0. The van der Waals surface area contributed by atoms with E-state index in [4.69, 9.17) is 4.74 Å². The first-order valence-electron chi connectivity index (χ1n) is 6.26. The minimum Gasteiger partial charge on any atom is -0.468 e. The lowest BCUT2D eigenvalue weighted by molar-refractivity contribution is -0.148. The average Bonchev–Trinajstić information content (AvgIpc) is 2.32. The quantitative estimate of drug-likeness (QED) is 0.538. The molecular formula is C13H27NO2S. The van der Waals surface area contributed by atoms with Gasteiger partial charge in [-0.05, 0) is 38.5 Å². The summed E-state index contributed by atoms with van der Waals surface area (Å²) in [6.07, 6.45) is 1.84. The summed E-state index contributed by atoms with van der Waals surface area (Å²) < 4.78 is 4.81. The van der Waals surface area contributed by atoms with E-state index >= 15 is 0 Å². The van der Waals surface area contributed by atoms with E-state index in [2.05, 4.69) is 26.1 Å². The largest absolute Gasteiger partial charge is 0.468 e. The summed E-state index contributed by atoms with van der Waals surface area (Å²) in [6.45, 7) is 8.63. The van der Waals surface area contributed by atoms with Crippen LogP contribution in [-0.4, -0.2) is 36.7 Å². The van der Waals surface area contributed by atoms with E-state index in [9.17, 15) is 4.79 Å². The van der Waals surface area contributed by atoms with Gasteiger partial charge in [-0.15, -0.1) is 0 Å². The molecule has 0 bridgehead atoms. The summed E-state index contributed by atoms with van der Waals surface area (Å²) >= 11 is 1.98. The Morgan fingerprint density at radius 1 is 1.41 bits per heavy atom. The van der Waals surface area contributed by atoms with E-state index in [1.54, 1.807) is 7.05 Å². The van der Waals surface area contributed by atoms with Gasteiger partial charge in [-0.2, -0.15) is 11.8 Å². The highest BCUT2D eigenvalue weighted by atomic mass is 32.2. The molecule has 0 aliphatic heterocycles. The summed E-state index contributed by atoms with van der Waals surface area (Å²) in [5.74, 6) is 1.62. The first-order chi connectivity index (χ1) is 7.87. The normalized spacial score (nSPS) is 16.6. The summed E-state index contributed by atoms with van der Waals surface area (Å²) in [4.78, 5) is 11.6. The molecule has 0 aromatic heterocycles. The molecule has 3 nitrogen and oxygen atoms in total. The Balaban J connectivity index is 3.97. The lowest BCUT2D eigenvalue weighted by atomic mass is 9.97. The number of rotatable bonds is 8. The number of carbonyl (C=O) groups excluding carboxylic acids is 1. The van der Waals surface area contributed by atoms with Gasteiger partial charge in [-0.25, -0.2) is 0 Å². The first-order valence-corrected chi connectivity index (χ1v) is 7.31. The fourth-order valence-corrected chi connectivity index (χ4v) is 2.51. The van der Waals surface area contributed by atoms with E-state index in [0.717, 1.165) is 18.6 Å². The van der Waals surface area contributed by atoms with Crippen molar-refractivity contribution in [3.05, 3.63) is 0 Å². The molecule has 0 fully saturated rings. The number of carbonyl (C=O) groups is 1. The zero-order chi connectivity index (χ0) is 13.5. The minimum atomic E-state index is -0.545. The van der Waals surface area contributed by atoms with Crippen molar-refractivity contribution in [3.63, 3.8) is 0 Å². The number of thioether (sulfide) groups is 1. The predicted molar refractivity (Wildman–Crippen MR) is 75.5 cm³/mol. The molecule has 0 amide bonds. The smallest absolute Gasteiger partial charge is 0.325 e. The Morgan fingerprint density at radius 2 is 2.00 bits per heavy atom. The van der Waals surface area contributed by atoms with Gasteiger partial charge in [0.15, 0.2) is 0 Å². The lowest BCUT2D eigenvalue weighted by Crippen LogP contribution is -2.48. The van der Waals surface area contributed by atoms with Crippen LogP contribution in [-0.2, 0) is 9.53 Å². The number of esters is 1. The maximum atomic E-state index is 11.6. The molecule has 0 aromatic carbocycles. The SMILES string of the molecule is CNC(C)(CCCSC(C)C(C)C)C(=O)OC. The Kier molecular flexibility index (Phi) is 7.88. The second-order valence-electron chi connectivity index (χ2n) is 5.00. The molecule has 0 heterocycles. The molecule has 2 atom stereocenters. The van der Waals surface area contributed by atoms with E-state index in [1.807, 2.05) is 18.7 Å². The Morgan fingerprint density at radius 3 is 2.41 bits per heavy atom. The molecule has 2 unspecified atom stereocenters. The van der Waals surface area contributed by atoms with Crippen molar-refractivity contribution >= 4 is 17.7 Å². The van der Waals surface area contributed by atoms with Crippen molar-refractivity contribution in [1.29, 1.82) is 0 Å². The highest BCUT2D eigenvalue weighted by Crippen LogP contribution is 2.22. The Labute approximate surface area is 110 Å². The van der Waals surface area contributed by atoms with Gasteiger partial charge in [0.25, 0.3) is 0 Å². The third kappa shape index (κ3) is 5.77. The Hall–Kier alpha value is -0.220. The van der Waals surface area contributed by atoms with E-state index in [1.165, 1.54) is 7.11 Å². The number of methoxy groups -OCH3 is 1. The molecule has 17 heavy (non-hydrogen) atoms. The molecule has 102 valence electrons. The lowest BCUT2D eigenvalue weighted by Gasteiger charge is -2.26. The molecule has 1 N–H and O–H groups in total. The minimum absolute atomic E-state index is 0.179. The maximum absolute atomic E-state index is 11.6.